The number of phosphoric acid groups is 1. The molecule has 392 valence electrons. The minimum absolute atomic E-state index is 0.108. The zero-order valence-corrected chi connectivity index (χ0v) is 43.7. The third kappa shape index (κ3) is 34.3. The second-order valence-corrected chi connectivity index (χ2v) is 20.9. The topological polar surface area (TPSA) is 193 Å². The van der Waals surface area contributed by atoms with Gasteiger partial charge in [0.2, 0.25) is 0 Å². The van der Waals surface area contributed by atoms with Crippen LogP contribution in [0.5, 0.6) is 0 Å². The number of aliphatic carboxylic acids is 1. The van der Waals surface area contributed by atoms with Gasteiger partial charge in [0, 0.05) is 39.0 Å². The molecule has 2 aromatic rings. The molecule has 0 heterocycles. The molecule has 2 rings (SSSR count). The fraction of sp³-hybridized carbons (Fsp3) is 0.692. The van der Waals surface area contributed by atoms with Crippen LogP contribution in [0.1, 0.15) is 130 Å². The van der Waals surface area contributed by atoms with Crippen LogP contribution in [0.15, 0.2) is 48.5 Å². The molecule has 16 nitrogen and oxygen atoms in total. The summed E-state index contributed by atoms with van der Waals surface area (Å²) in [5.74, 6) is -2.83. The van der Waals surface area contributed by atoms with Crippen molar-refractivity contribution in [3.05, 3.63) is 70.8 Å². The number of likely N-dealkylation sites (N-methyl/N-ethyl adjacent to an activating group) is 3. The van der Waals surface area contributed by atoms with Crippen molar-refractivity contribution in [2.24, 2.45) is 0 Å². The van der Waals surface area contributed by atoms with E-state index in [0.29, 0.717) is 50.0 Å². The number of carbonyl (C=O) groups excluding carboxylic acids is 2. The molecule has 0 aromatic heterocycles. The Morgan fingerprint density at radius 2 is 0.913 bits per heavy atom. The molecule has 0 spiro atoms. The van der Waals surface area contributed by atoms with E-state index in [9.17, 15) is 33.7 Å². The van der Waals surface area contributed by atoms with E-state index in [2.05, 4.69) is 24.3 Å². The largest absolute Gasteiger partial charge is 0.480 e. The van der Waals surface area contributed by atoms with Crippen molar-refractivity contribution >= 4 is 31.7 Å². The Kier molecular flexibility index (Phi) is 32.2. The van der Waals surface area contributed by atoms with Gasteiger partial charge in [-0.25, -0.2) is 9.36 Å². The zero-order chi connectivity index (χ0) is 50.8. The number of benzene rings is 2. The predicted molar refractivity (Wildman–Crippen MR) is 270 cm³/mol. The van der Waals surface area contributed by atoms with Gasteiger partial charge in [0.15, 0.2) is 0 Å². The second-order valence-electron chi connectivity index (χ2n) is 19.5. The summed E-state index contributed by atoms with van der Waals surface area (Å²) in [5, 5.41) is 18.5. The smallest absolute Gasteiger partial charge is 0.472 e. The molecule has 0 saturated carbocycles. The number of carbonyl (C=O) groups is 4. The average molecular weight is 992 g/mol. The van der Waals surface area contributed by atoms with Crippen molar-refractivity contribution in [3.8, 4) is 0 Å². The van der Waals surface area contributed by atoms with Crippen LogP contribution in [0, 0.1) is 0 Å². The molecular weight excluding hydrogens is 904 g/mol. The summed E-state index contributed by atoms with van der Waals surface area (Å²) in [6.45, 7) is 3.31. The molecule has 0 aliphatic rings. The van der Waals surface area contributed by atoms with Crippen molar-refractivity contribution in [2.75, 3.05) is 114 Å². The third-order valence-corrected chi connectivity index (χ3v) is 13.0. The summed E-state index contributed by atoms with van der Waals surface area (Å²) in [6, 6.07) is 14.9. The van der Waals surface area contributed by atoms with Gasteiger partial charge in [0.1, 0.15) is 13.2 Å². The minimum Gasteiger partial charge on any atom is -0.480 e. The van der Waals surface area contributed by atoms with Crippen LogP contribution in [0.4, 0.5) is 0 Å². The number of hydrogen-bond acceptors (Lipinski definition) is 12. The lowest BCUT2D eigenvalue weighted by atomic mass is 10.0. The summed E-state index contributed by atoms with van der Waals surface area (Å²) in [6.07, 6.45) is 21.7. The molecule has 0 radical (unpaired) electrons. The molecule has 0 saturated heterocycles. The van der Waals surface area contributed by atoms with E-state index in [0.717, 1.165) is 36.8 Å². The van der Waals surface area contributed by atoms with Crippen molar-refractivity contribution in [1.82, 2.24) is 14.7 Å². The van der Waals surface area contributed by atoms with Crippen molar-refractivity contribution in [3.63, 3.8) is 0 Å². The standard InChI is InChI=1S/C52H87N4O12P/c1-53(33-34-54(2)43-50(59)65-39-32-47-27-29-48(30-28-47)52(61)62)35-36-55(42-49(57)58)44-51(60)66-40-31-46-25-23-45(24-26-46)22-20-18-16-14-12-10-8-6-7-9-11-13-15-17-19-21-38-67-69(63,64)68-41-37-56(3,4)5/h23-30H,6-22,31-44H2,1-5H3,(H2-,57,58,61,62,63,64)/p+1. The molecule has 17 heteroatoms. The number of carboxylic acids is 2. The lowest BCUT2D eigenvalue weighted by Gasteiger charge is -2.25. The first-order valence-electron chi connectivity index (χ1n) is 25.4. The second kappa shape index (κ2) is 36.2. The summed E-state index contributed by atoms with van der Waals surface area (Å²) in [4.78, 5) is 62.7. The summed E-state index contributed by atoms with van der Waals surface area (Å²) in [7, 11) is 5.79. The zero-order valence-electron chi connectivity index (χ0n) is 42.8. The summed E-state index contributed by atoms with van der Waals surface area (Å²) >= 11 is 0. The normalized spacial score (nSPS) is 12.7. The van der Waals surface area contributed by atoms with Gasteiger partial charge < -0.3 is 34.0 Å². The van der Waals surface area contributed by atoms with E-state index in [4.69, 9.17) is 23.6 Å². The van der Waals surface area contributed by atoms with Gasteiger partial charge in [-0.15, -0.1) is 0 Å². The highest BCUT2D eigenvalue weighted by atomic mass is 31.2. The summed E-state index contributed by atoms with van der Waals surface area (Å²) in [5.41, 5.74) is 3.48. The van der Waals surface area contributed by atoms with Gasteiger partial charge in [-0.05, 0) is 62.2 Å². The highest BCUT2D eigenvalue weighted by molar-refractivity contribution is 7.47. The van der Waals surface area contributed by atoms with Gasteiger partial charge in [-0.3, -0.25) is 33.2 Å². The lowest BCUT2D eigenvalue weighted by molar-refractivity contribution is -0.870. The van der Waals surface area contributed by atoms with Crippen LogP contribution in [0.25, 0.3) is 0 Å². The molecule has 1 unspecified atom stereocenters. The third-order valence-electron chi connectivity index (χ3n) is 11.9. The van der Waals surface area contributed by atoms with Crippen LogP contribution in [0.3, 0.4) is 0 Å². The number of esters is 2. The number of carboxylic acid groups (broad SMARTS) is 2. The van der Waals surface area contributed by atoms with Gasteiger partial charge in [0.25, 0.3) is 0 Å². The molecule has 69 heavy (non-hydrogen) atoms. The first-order valence-corrected chi connectivity index (χ1v) is 26.8. The molecule has 0 aliphatic heterocycles. The Bertz CT molecular complexity index is 1760. The van der Waals surface area contributed by atoms with E-state index < -0.39 is 25.7 Å². The van der Waals surface area contributed by atoms with Gasteiger partial charge >= 0.3 is 31.7 Å². The van der Waals surface area contributed by atoms with Crippen molar-refractivity contribution < 1.29 is 61.9 Å². The monoisotopic (exact) mass is 992 g/mol. The van der Waals surface area contributed by atoms with Gasteiger partial charge in [-0.1, -0.05) is 126 Å². The molecule has 0 amide bonds. The van der Waals surface area contributed by atoms with Crippen LogP contribution < -0.4 is 0 Å². The quantitative estimate of drug-likeness (QED) is 0.0249. The Hall–Kier alpha value is -3.73. The Morgan fingerprint density at radius 3 is 1.39 bits per heavy atom. The fourth-order valence-corrected chi connectivity index (χ4v) is 8.30. The first kappa shape index (κ1) is 61.4. The summed E-state index contributed by atoms with van der Waals surface area (Å²) < 4.78 is 33.6. The average Bonchev–Trinajstić information content (AvgIpc) is 3.28. The molecular formula is C52H88N4O12P+. The van der Waals surface area contributed by atoms with Crippen LogP contribution in [-0.4, -0.2) is 172 Å². The molecule has 0 bridgehead atoms. The number of hydrogen-bond donors (Lipinski definition) is 3. The van der Waals surface area contributed by atoms with Crippen LogP contribution in [0.2, 0.25) is 0 Å². The number of quaternary nitrogens is 1. The Labute approximate surface area is 413 Å². The SMILES string of the molecule is CN(CCN(C)CC(=O)OCCc1ccc(C(=O)O)cc1)CCN(CC(=O)O)CC(=O)OCCc1ccc(CCCCCCCCCCCCCCCCCCOP(=O)(O)OCC[N+](C)(C)C)cc1. The van der Waals surface area contributed by atoms with E-state index in [-0.39, 0.29) is 57.6 Å². The van der Waals surface area contributed by atoms with Crippen molar-refractivity contribution in [2.45, 2.75) is 122 Å². The number of aromatic carboxylic acids is 1. The minimum atomic E-state index is -3.94. The molecule has 0 fully saturated rings. The Balaban J connectivity index is 1.44. The molecule has 0 aliphatic carbocycles. The van der Waals surface area contributed by atoms with Crippen LogP contribution in [-0.2, 0) is 56.7 Å². The molecule has 2 aromatic carbocycles. The number of nitrogens with zero attached hydrogens (tertiary/aromatic N) is 4. The van der Waals surface area contributed by atoms with E-state index in [1.807, 2.05) is 45.0 Å². The predicted octanol–water partition coefficient (Wildman–Crippen LogP) is 8.13. The lowest BCUT2D eigenvalue weighted by Crippen LogP contribution is -2.41. The maximum absolute atomic E-state index is 12.7. The number of unbranched alkanes of at least 4 members (excludes halogenated alkanes) is 15. The van der Waals surface area contributed by atoms with Gasteiger partial charge in [-0.2, -0.15) is 0 Å². The molecule has 3 N–H and O–H groups in total. The van der Waals surface area contributed by atoms with Gasteiger partial charge in [0.05, 0.1) is 66.2 Å². The maximum Gasteiger partial charge on any atom is 0.472 e. The first-order chi connectivity index (χ1) is 32.9. The molecule has 1 atom stereocenters. The number of aryl methyl sites for hydroxylation is 1. The van der Waals surface area contributed by atoms with E-state index in [1.165, 1.54) is 101 Å². The highest BCUT2D eigenvalue weighted by Crippen LogP contribution is 2.43. The highest BCUT2D eigenvalue weighted by Gasteiger charge is 2.22. The van der Waals surface area contributed by atoms with Crippen LogP contribution >= 0.6 is 7.82 Å². The maximum atomic E-state index is 12.7. The fourth-order valence-electron chi connectivity index (χ4n) is 7.55. The van der Waals surface area contributed by atoms with E-state index in [1.54, 1.807) is 17.0 Å². The van der Waals surface area contributed by atoms with Crippen molar-refractivity contribution in [1.29, 1.82) is 0 Å². The number of ether oxygens (including phenoxy) is 2. The Morgan fingerprint density at radius 1 is 0.507 bits per heavy atom. The van der Waals surface area contributed by atoms with E-state index >= 15 is 0 Å². The number of rotatable bonds is 43. The number of phosphoric ester groups is 1.